The molecular weight excluding hydrogens is 336 g/mol. The van der Waals surface area contributed by atoms with Crippen LogP contribution in [0.25, 0.3) is 0 Å². The highest BCUT2D eigenvalue weighted by atomic mass is 32.1. The van der Waals surface area contributed by atoms with Crippen LogP contribution in [-0.2, 0) is 30.5 Å². The maximum absolute atomic E-state index is 5.05. The number of aryl methyl sites for hydroxylation is 1. The number of benzene rings is 1. The third-order valence-electron chi connectivity index (χ3n) is 4.25. The number of nitrogens with zero attached hydrogens (tertiary/aromatic N) is 5. The van der Waals surface area contributed by atoms with Crippen LogP contribution >= 0.6 is 11.5 Å². The topological polar surface area (TPSA) is 77.8 Å². The second kappa shape index (κ2) is 7.28. The molecule has 0 spiro atoms. The molecule has 3 heterocycles. The number of rotatable bonds is 7. The smallest absolute Gasteiger partial charge is 0.207 e. The molecule has 0 fully saturated rings. The number of nitrogens with one attached hydrogen (secondary N) is 1. The van der Waals surface area contributed by atoms with E-state index < -0.39 is 0 Å². The van der Waals surface area contributed by atoms with Crippen LogP contribution in [0.15, 0.2) is 24.3 Å². The monoisotopic (exact) mass is 356 g/mol. The lowest BCUT2D eigenvalue weighted by molar-refractivity contribution is 0.201. The molecule has 1 N–H and O–H groups in total. The van der Waals surface area contributed by atoms with Crippen molar-refractivity contribution in [1.29, 1.82) is 0 Å². The number of ether oxygens (including phenoxy) is 1. The van der Waals surface area contributed by atoms with E-state index in [9.17, 15) is 0 Å². The van der Waals surface area contributed by atoms with E-state index in [1.807, 2.05) is 0 Å². The third-order valence-corrected chi connectivity index (χ3v) is 4.92. The van der Waals surface area contributed by atoms with Crippen LogP contribution in [0.1, 0.15) is 29.5 Å². The molecule has 3 aromatic rings. The molecule has 1 aliphatic heterocycles. The average molecular weight is 356 g/mol. The van der Waals surface area contributed by atoms with Gasteiger partial charge < -0.3 is 14.6 Å². The Morgan fingerprint density at radius 1 is 1.24 bits per heavy atom. The van der Waals surface area contributed by atoms with Crippen molar-refractivity contribution in [2.75, 3.05) is 19.0 Å². The van der Waals surface area contributed by atoms with E-state index in [0.29, 0.717) is 6.61 Å². The molecule has 0 amide bonds. The van der Waals surface area contributed by atoms with Crippen molar-refractivity contribution in [3.63, 3.8) is 0 Å². The van der Waals surface area contributed by atoms with Gasteiger partial charge in [0, 0.05) is 50.1 Å². The largest absolute Gasteiger partial charge is 0.384 e. The fourth-order valence-corrected chi connectivity index (χ4v) is 3.59. The first-order valence-corrected chi connectivity index (χ1v) is 9.17. The number of fused-ring (bicyclic) bond motifs is 1. The standard InChI is InChI=1S/C17H20N6OS/c1-24-10-8-14-19-17(25-22-14)18-13-6-4-12(5-7-13)11-16-21-20-15-3-2-9-23(15)16/h4-7H,2-3,8-11H2,1H3,(H,18,19,22). The molecule has 0 saturated heterocycles. The zero-order valence-corrected chi connectivity index (χ0v) is 14.9. The summed E-state index contributed by atoms with van der Waals surface area (Å²) in [5.41, 5.74) is 2.23. The Balaban J connectivity index is 1.39. The van der Waals surface area contributed by atoms with E-state index >= 15 is 0 Å². The lowest BCUT2D eigenvalue weighted by atomic mass is 10.1. The molecule has 130 valence electrons. The highest BCUT2D eigenvalue weighted by Gasteiger charge is 2.17. The molecule has 7 nitrogen and oxygen atoms in total. The van der Waals surface area contributed by atoms with Gasteiger partial charge in [-0.15, -0.1) is 10.2 Å². The molecule has 0 radical (unpaired) electrons. The molecular formula is C17H20N6OS. The van der Waals surface area contributed by atoms with Gasteiger partial charge in [0.1, 0.15) is 17.5 Å². The van der Waals surface area contributed by atoms with Crippen LogP contribution in [0, 0.1) is 0 Å². The summed E-state index contributed by atoms with van der Waals surface area (Å²) in [5.74, 6) is 2.99. The van der Waals surface area contributed by atoms with Gasteiger partial charge in [0.05, 0.1) is 6.61 Å². The Morgan fingerprint density at radius 2 is 2.12 bits per heavy atom. The predicted molar refractivity (Wildman–Crippen MR) is 96.4 cm³/mol. The zero-order valence-electron chi connectivity index (χ0n) is 14.1. The van der Waals surface area contributed by atoms with Gasteiger partial charge in [-0.1, -0.05) is 12.1 Å². The van der Waals surface area contributed by atoms with Gasteiger partial charge in [0.15, 0.2) is 0 Å². The zero-order chi connectivity index (χ0) is 17.1. The van der Waals surface area contributed by atoms with E-state index in [4.69, 9.17) is 4.74 Å². The first kappa shape index (κ1) is 16.2. The van der Waals surface area contributed by atoms with Crippen molar-refractivity contribution in [2.24, 2.45) is 0 Å². The Kier molecular flexibility index (Phi) is 4.71. The van der Waals surface area contributed by atoms with Crippen LogP contribution < -0.4 is 5.32 Å². The van der Waals surface area contributed by atoms with E-state index in [1.165, 1.54) is 23.5 Å². The molecule has 25 heavy (non-hydrogen) atoms. The molecule has 0 saturated carbocycles. The molecule has 0 aliphatic carbocycles. The second-order valence-electron chi connectivity index (χ2n) is 6.04. The number of aromatic nitrogens is 5. The highest BCUT2D eigenvalue weighted by molar-refractivity contribution is 7.09. The summed E-state index contributed by atoms with van der Waals surface area (Å²) in [6.07, 6.45) is 3.77. The van der Waals surface area contributed by atoms with Crippen LogP contribution in [0.5, 0.6) is 0 Å². The quantitative estimate of drug-likeness (QED) is 0.701. The molecule has 0 atom stereocenters. The predicted octanol–water partition coefficient (Wildman–Crippen LogP) is 2.60. The van der Waals surface area contributed by atoms with Crippen molar-refractivity contribution in [3.05, 3.63) is 47.3 Å². The van der Waals surface area contributed by atoms with Crippen LogP contribution in [0.2, 0.25) is 0 Å². The van der Waals surface area contributed by atoms with Crippen molar-refractivity contribution in [3.8, 4) is 0 Å². The Morgan fingerprint density at radius 3 is 2.96 bits per heavy atom. The van der Waals surface area contributed by atoms with Gasteiger partial charge in [0.25, 0.3) is 0 Å². The van der Waals surface area contributed by atoms with Gasteiger partial charge in [0.2, 0.25) is 5.13 Å². The lowest BCUT2D eigenvalue weighted by Gasteiger charge is -2.05. The SMILES string of the molecule is COCCc1nsc(Nc2ccc(Cc3nnc4n3CCC4)cc2)n1. The Bertz CT molecular complexity index is 841. The first-order valence-electron chi connectivity index (χ1n) is 8.40. The van der Waals surface area contributed by atoms with Crippen molar-refractivity contribution < 1.29 is 4.74 Å². The number of methoxy groups -OCH3 is 1. The van der Waals surface area contributed by atoms with Gasteiger partial charge >= 0.3 is 0 Å². The van der Waals surface area contributed by atoms with Gasteiger partial charge in [-0.25, -0.2) is 4.98 Å². The van der Waals surface area contributed by atoms with Crippen molar-refractivity contribution in [2.45, 2.75) is 32.2 Å². The summed E-state index contributed by atoms with van der Waals surface area (Å²) in [6.45, 7) is 1.68. The highest BCUT2D eigenvalue weighted by Crippen LogP contribution is 2.21. The molecule has 0 bridgehead atoms. The van der Waals surface area contributed by atoms with Crippen LogP contribution in [-0.4, -0.2) is 37.8 Å². The maximum atomic E-state index is 5.05. The minimum Gasteiger partial charge on any atom is -0.384 e. The molecule has 2 aromatic heterocycles. The summed E-state index contributed by atoms with van der Waals surface area (Å²) in [7, 11) is 1.68. The summed E-state index contributed by atoms with van der Waals surface area (Å²) in [6, 6.07) is 8.36. The van der Waals surface area contributed by atoms with Crippen LogP contribution in [0.4, 0.5) is 10.8 Å². The fraction of sp³-hybridized carbons (Fsp3) is 0.412. The van der Waals surface area contributed by atoms with Gasteiger partial charge in [-0.3, -0.25) is 0 Å². The van der Waals surface area contributed by atoms with E-state index in [-0.39, 0.29) is 0 Å². The summed E-state index contributed by atoms with van der Waals surface area (Å²) < 4.78 is 11.6. The van der Waals surface area contributed by atoms with Gasteiger partial charge in [-0.05, 0) is 24.1 Å². The Hall–Kier alpha value is -2.32. The van der Waals surface area contributed by atoms with E-state index in [1.54, 1.807) is 7.11 Å². The summed E-state index contributed by atoms with van der Waals surface area (Å²) >= 11 is 1.37. The molecule has 8 heteroatoms. The summed E-state index contributed by atoms with van der Waals surface area (Å²) in [5, 5.41) is 12.7. The lowest BCUT2D eigenvalue weighted by Crippen LogP contribution is -2.02. The van der Waals surface area contributed by atoms with Crippen molar-refractivity contribution in [1.82, 2.24) is 24.1 Å². The van der Waals surface area contributed by atoms with Crippen molar-refractivity contribution >= 4 is 22.4 Å². The minimum atomic E-state index is 0.636. The maximum Gasteiger partial charge on any atom is 0.207 e. The molecule has 4 rings (SSSR count). The van der Waals surface area contributed by atoms with E-state index in [0.717, 1.165) is 54.1 Å². The second-order valence-corrected chi connectivity index (χ2v) is 6.80. The summed E-state index contributed by atoms with van der Waals surface area (Å²) in [4.78, 5) is 4.46. The number of hydrogen-bond acceptors (Lipinski definition) is 7. The number of anilines is 2. The number of hydrogen-bond donors (Lipinski definition) is 1. The molecule has 1 aliphatic rings. The first-order chi connectivity index (χ1) is 12.3. The molecule has 0 unspecified atom stereocenters. The van der Waals surface area contributed by atoms with E-state index in [2.05, 4.69) is 53.7 Å². The molecule has 1 aromatic carbocycles. The average Bonchev–Trinajstić information content (AvgIpc) is 3.34. The fourth-order valence-electron chi connectivity index (χ4n) is 2.95. The minimum absolute atomic E-state index is 0.636. The Labute approximate surface area is 150 Å². The third kappa shape index (κ3) is 3.69. The van der Waals surface area contributed by atoms with Crippen LogP contribution in [0.3, 0.4) is 0 Å². The normalized spacial score (nSPS) is 13.2. The van der Waals surface area contributed by atoms with Gasteiger partial charge in [-0.2, -0.15) is 4.37 Å².